The highest BCUT2D eigenvalue weighted by molar-refractivity contribution is 7.14. The fourth-order valence-corrected chi connectivity index (χ4v) is 2.86. The van der Waals surface area contributed by atoms with Gasteiger partial charge in [0.05, 0.1) is 13.3 Å². The Balaban J connectivity index is 1.66. The van der Waals surface area contributed by atoms with Gasteiger partial charge in [-0.15, -0.1) is 11.3 Å². The van der Waals surface area contributed by atoms with E-state index in [1.807, 2.05) is 30.3 Å². The quantitative estimate of drug-likeness (QED) is 0.485. The Morgan fingerprint density at radius 3 is 2.81 bits per heavy atom. The highest BCUT2D eigenvalue weighted by Gasteiger charge is 2.06. The van der Waals surface area contributed by atoms with Crippen molar-refractivity contribution >= 4 is 28.5 Å². The van der Waals surface area contributed by atoms with Crippen molar-refractivity contribution in [1.29, 1.82) is 0 Å². The topological polar surface area (TPSA) is 81.8 Å². The molecule has 3 rings (SSSR count). The molecule has 0 atom stereocenters. The van der Waals surface area contributed by atoms with Gasteiger partial charge in [-0.25, -0.2) is 4.98 Å². The van der Waals surface area contributed by atoms with Gasteiger partial charge in [0.15, 0.2) is 11.5 Å². The highest BCUT2D eigenvalue weighted by Crippen LogP contribution is 2.28. The normalized spacial score (nSPS) is 10.8. The predicted octanol–water partition coefficient (Wildman–Crippen LogP) is 4.07. The van der Waals surface area contributed by atoms with E-state index in [0.717, 1.165) is 11.1 Å². The number of hydrazone groups is 1. The Morgan fingerprint density at radius 1 is 1.23 bits per heavy atom. The van der Waals surface area contributed by atoms with Crippen molar-refractivity contribution in [2.45, 2.75) is 13.5 Å². The molecule has 0 aliphatic carbocycles. The number of ether oxygens (including phenoxy) is 2. The van der Waals surface area contributed by atoms with E-state index in [9.17, 15) is 0 Å². The number of nitrogen functional groups attached to an aromatic ring is 1. The van der Waals surface area contributed by atoms with Crippen LogP contribution >= 0.6 is 11.3 Å². The van der Waals surface area contributed by atoms with Gasteiger partial charge in [-0.3, -0.25) is 5.43 Å². The molecular weight excluding hydrogens is 348 g/mol. The van der Waals surface area contributed by atoms with Crippen LogP contribution in [-0.2, 0) is 6.61 Å². The Hall–Kier alpha value is -3.06. The maximum absolute atomic E-state index is 5.92. The molecule has 0 unspecified atom stereocenters. The summed E-state index contributed by atoms with van der Waals surface area (Å²) in [6.45, 7) is 2.56. The molecule has 0 bridgehead atoms. The zero-order valence-electron chi connectivity index (χ0n) is 14.6. The first-order valence-electron chi connectivity index (χ1n) is 8.01. The van der Waals surface area contributed by atoms with E-state index >= 15 is 0 Å². The van der Waals surface area contributed by atoms with Crippen LogP contribution in [0.1, 0.15) is 16.7 Å². The van der Waals surface area contributed by atoms with Crippen molar-refractivity contribution in [3.05, 3.63) is 64.5 Å². The molecule has 2 aromatic carbocycles. The lowest BCUT2D eigenvalue weighted by molar-refractivity contribution is 0.284. The minimum atomic E-state index is 0.476. The molecular formula is C19H20N4O2S. The van der Waals surface area contributed by atoms with Gasteiger partial charge in [0.1, 0.15) is 12.4 Å². The van der Waals surface area contributed by atoms with E-state index in [1.54, 1.807) is 18.7 Å². The fourth-order valence-electron chi connectivity index (χ4n) is 2.31. The summed E-state index contributed by atoms with van der Waals surface area (Å²) in [7, 11) is 1.62. The Labute approximate surface area is 156 Å². The average molecular weight is 368 g/mol. The number of benzene rings is 2. The Bertz CT molecular complexity index is 908. The SMILES string of the molecule is COc1cc(C=NNc2nc(N)cs2)ccc1OCc1ccccc1C. The minimum absolute atomic E-state index is 0.476. The van der Waals surface area contributed by atoms with Crippen LogP contribution in [0.3, 0.4) is 0 Å². The van der Waals surface area contributed by atoms with Crippen LogP contribution in [0.15, 0.2) is 52.9 Å². The molecule has 0 amide bonds. The third-order valence-electron chi connectivity index (χ3n) is 3.73. The zero-order chi connectivity index (χ0) is 18.4. The number of rotatable bonds is 7. The lowest BCUT2D eigenvalue weighted by atomic mass is 10.1. The molecule has 6 nitrogen and oxygen atoms in total. The maximum atomic E-state index is 5.92. The van der Waals surface area contributed by atoms with Gasteiger partial charge in [0.25, 0.3) is 0 Å². The number of hydrogen-bond donors (Lipinski definition) is 2. The number of nitrogens with one attached hydrogen (secondary N) is 1. The molecule has 3 aromatic rings. The van der Waals surface area contributed by atoms with Gasteiger partial charge in [0, 0.05) is 5.38 Å². The van der Waals surface area contributed by atoms with Crippen molar-refractivity contribution in [2.24, 2.45) is 5.10 Å². The van der Waals surface area contributed by atoms with Crippen molar-refractivity contribution in [3.63, 3.8) is 0 Å². The first kappa shape index (κ1) is 17.8. The van der Waals surface area contributed by atoms with Crippen molar-refractivity contribution in [2.75, 3.05) is 18.3 Å². The van der Waals surface area contributed by atoms with E-state index in [-0.39, 0.29) is 0 Å². The van der Waals surface area contributed by atoms with Crippen molar-refractivity contribution in [3.8, 4) is 11.5 Å². The summed E-state index contributed by atoms with van der Waals surface area (Å²) >= 11 is 1.39. The van der Waals surface area contributed by atoms with Crippen LogP contribution in [-0.4, -0.2) is 18.3 Å². The van der Waals surface area contributed by atoms with Gasteiger partial charge < -0.3 is 15.2 Å². The molecule has 0 saturated heterocycles. The molecule has 0 radical (unpaired) electrons. The van der Waals surface area contributed by atoms with E-state index in [2.05, 4.69) is 34.6 Å². The van der Waals surface area contributed by atoms with Crippen molar-refractivity contribution in [1.82, 2.24) is 4.98 Å². The third kappa shape index (κ3) is 4.52. The van der Waals surface area contributed by atoms with Crippen LogP contribution in [0.2, 0.25) is 0 Å². The molecule has 26 heavy (non-hydrogen) atoms. The summed E-state index contributed by atoms with van der Waals surface area (Å²) < 4.78 is 11.4. The summed E-state index contributed by atoms with van der Waals surface area (Å²) in [6, 6.07) is 13.8. The molecule has 7 heteroatoms. The molecule has 134 valence electrons. The number of aromatic nitrogens is 1. The number of thiazole rings is 1. The monoisotopic (exact) mass is 368 g/mol. The van der Waals surface area contributed by atoms with Crippen molar-refractivity contribution < 1.29 is 9.47 Å². The molecule has 3 N–H and O–H groups in total. The van der Waals surface area contributed by atoms with Crippen LogP contribution in [0.5, 0.6) is 11.5 Å². The molecule has 0 aliphatic heterocycles. The first-order chi connectivity index (χ1) is 12.7. The summed E-state index contributed by atoms with van der Waals surface area (Å²) in [5, 5.41) is 6.55. The second-order valence-corrected chi connectivity index (χ2v) is 6.43. The summed E-state index contributed by atoms with van der Waals surface area (Å²) in [5.74, 6) is 1.82. The molecule has 0 aliphatic rings. The first-order valence-corrected chi connectivity index (χ1v) is 8.89. The summed E-state index contributed by atoms with van der Waals surface area (Å²) in [4.78, 5) is 4.08. The van der Waals surface area contributed by atoms with E-state index < -0.39 is 0 Å². The number of anilines is 2. The standard InChI is InChI=1S/C19H20N4O2S/c1-13-5-3-4-6-15(13)11-25-16-8-7-14(9-17(16)24-2)10-21-23-19-22-18(20)12-26-19/h3-10,12H,11,20H2,1-2H3,(H,22,23). The minimum Gasteiger partial charge on any atom is -0.493 e. The Kier molecular flexibility index (Phi) is 5.70. The summed E-state index contributed by atoms with van der Waals surface area (Å²) in [5.41, 5.74) is 11.6. The fraction of sp³-hybridized carbons (Fsp3) is 0.158. The van der Waals surface area contributed by atoms with E-state index in [0.29, 0.717) is 29.1 Å². The zero-order valence-corrected chi connectivity index (χ0v) is 15.4. The number of hydrogen-bond acceptors (Lipinski definition) is 7. The van der Waals surface area contributed by atoms with Crippen LogP contribution in [0.25, 0.3) is 0 Å². The second kappa shape index (κ2) is 8.35. The van der Waals surface area contributed by atoms with Gasteiger partial charge in [-0.2, -0.15) is 5.10 Å². The number of nitrogens with two attached hydrogens (primary N) is 1. The largest absolute Gasteiger partial charge is 0.493 e. The molecule has 1 aromatic heterocycles. The Morgan fingerprint density at radius 2 is 2.08 bits per heavy atom. The van der Waals surface area contributed by atoms with Gasteiger partial charge in [0.2, 0.25) is 5.13 Å². The van der Waals surface area contributed by atoms with Crippen LogP contribution in [0.4, 0.5) is 10.9 Å². The number of aryl methyl sites for hydroxylation is 1. The van der Waals surface area contributed by atoms with Crippen LogP contribution in [0, 0.1) is 6.92 Å². The summed E-state index contributed by atoms with van der Waals surface area (Å²) in [6.07, 6.45) is 1.69. The lowest BCUT2D eigenvalue weighted by Crippen LogP contribution is -2.00. The van der Waals surface area contributed by atoms with E-state index in [4.69, 9.17) is 15.2 Å². The lowest BCUT2D eigenvalue weighted by Gasteiger charge is -2.12. The van der Waals surface area contributed by atoms with Crippen LogP contribution < -0.4 is 20.6 Å². The number of nitrogens with zero attached hydrogens (tertiary/aromatic N) is 2. The molecule has 0 saturated carbocycles. The maximum Gasteiger partial charge on any atom is 0.205 e. The number of methoxy groups -OCH3 is 1. The third-order valence-corrected chi connectivity index (χ3v) is 4.49. The van der Waals surface area contributed by atoms with Gasteiger partial charge >= 0.3 is 0 Å². The second-order valence-electron chi connectivity index (χ2n) is 5.57. The highest BCUT2D eigenvalue weighted by atomic mass is 32.1. The molecule has 0 fully saturated rings. The van der Waals surface area contributed by atoms with E-state index in [1.165, 1.54) is 16.9 Å². The predicted molar refractivity (Wildman–Crippen MR) is 106 cm³/mol. The van der Waals surface area contributed by atoms with Gasteiger partial charge in [-0.1, -0.05) is 24.3 Å². The van der Waals surface area contributed by atoms with Gasteiger partial charge in [-0.05, 0) is 41.8 Å². The molecule has 0 spiro atoms. The average Bonchev–Trinajstić information content (AvgIpc) is 3.06. The smallest absolute Gasteiger partial charge is 0.205 e. The molecule has 1 heterocycles.